The fourth-order valence-electron chi connectivity index (χ4n) is 1.24. The molecule has 0 unspecified atom stereocenters. The van der Waals surface area contributed by atoms with Gasteiger partial charge < -0.3 is 0 Å². The second-order valence-electron chi connectivity index (χ2n) is 2.81. The van der Waals surface area contributed by atoms with Gasteiger partial charge in [0, 0.05) is 16.2 Å². The van der Waals surface area contributed by atoms with Crippen molar-refractivity contribution in [2.75, 3.05) is 0 Å². The van der Waals surface area contributed by atoms with Crippen LogP contribution in [0.4, 0.5) is 4.39 Å². The molecular weight excluding hydrogens is 245 g/mol. The van der Waals surface area contributed by atoms with E-state index in [-0.39, 0.29) is 5.82 Å². The van der Waals surface area contributed by atoms with Crippen molar-refractivity contribution >= 4 is 15.9 Å². The molecule has 0 bridgehead atoms. The van der Waals surface area contributed by atoms with Crippen LogP contribution in [0.15, 0.2) is 47.1 Å². The highest BCUT2D eigenvalue weighted by molar-refractivity contribution is 9.10. The highest BCUT2D eigenvalue weighted by Crippen LogP contribution is 2.27. The van der Waals surface area contributed by atoms with E-state index in [1.165, 1.54) is 6.07 Å². The maximum Gasteiger partial charge on any atom is 0.132 e. The first-order valence-corrected chi connectivity index (χ1v) is 4.94. The highest BCUT2D eigenvalue weighted by Gasteiger charge is 2.07. The first-order valence-electron chi connectivity index (χ1n) is 4.14. The lowest BCUT2D eigenvalue weighted by atomic mass is 10.1. The monoisotopic (exact) mass is 251 g/mol. The molecule has 3 heteroatoms. The van der Waals surface area contributed by atoms with Crippen molar-refractivity contribution in [2.24, 2.45) is 0 Å². The van der Waals surface area contributed by atoms with Crippen LogP contribution in [0, 0.1) is 5.82 Å². The molecule has 2 rings (SSSR count). The van der Waals surface area contributed by atoms with Crippen LogP contribution in [0.2, 0.25) is 0 Å². The molecule has 1 heterocycles. The van der Waals surface area contributed by atoms with Crippen molar-refractivity contribution in [1.82, 2.24) is 4.98 Å². The Morgan fingerprint density at radius 1 is 1.07 bits per heavy atom. The Balaban J connectivity index is 2.61. The molecule has 1 nitrogen and oxygen atoms in total. The van der Waals surface area contributed by atoms with Gasteiger partial charge in [-0.3, -0.25) is 4.98 Å². The summed E-state index contributed by atoms with van der Waals surface area (Å²) >= 11 is 3.34. The SMILES string of the molecule is Fc1ccccc1-c1ncccc1Br. The van der Waals surface area contributed by atoms with Crippen molar-refractivity contribution in [3.63, 3.8) is 0 Å². The minimum absolute atomic E-state index is 0.257. The zero-order valence-electron chi connectivity index (χ0n) is 7.24. The number of aromatic nitrogens is 1. The summed E-state index contributed by atoms with van der Waals surface area (Å²) in [7, 11) is 0. The Bertz CT molecular complexity index is 413. The topological polar surface area (TPSA) is 12.9 Å². The van der Waals surface area contributed by atoms with Gasteiger partial charge in [-0.2, -0.15) is 0 Å². The predicted molar refractivity (Wildman–Crippen MR) is 57.3 cm³/mol. The summed E-state index contributed by atoms with van der Waals surface area (Å²) in [5.41, 5.74) is 1.14. The zero-order valence-corrected chi connectivity index (χ0v) is 8.83. The fourth-order valence-corrected chi connectivity index (χ4v) is 1.71. The predicted octanol–water partition coefficient (Wildman–Crippen LogP) is 3.65. The van der Waals surface area contributed by atoms with Crippen molar-refractivity contribution < 1.29 is 4.39 Å². The van der Waals surface area contributed by atoms with Gasteiger partial charge in [0.05, 0.1) is 5.69 Å². The molecule has 0 fully saturated rings. The summed E-state index contributed by atoms with van der Waals surface area (Å²) in [6, 6.07) is 10.2. The number of nitrogens with zero attached hydrogens (tertiary/aromatic N) is 1. The van der Waals surface area contributed by atoms with Crippen molar-refractivity contribution in [2.45, 2.75) is 0 Å². The molecule has 0 spiro atoms. The van der Waals surface area contributed by atoms with E-state index in [0.29, 0.717) is 11.3 Å². The molecule has 70 valence electrons. The van der Waals surface area contributed by atoms with Crippen LogP contribution in [0.1, 0.15) is 0 Å². The Kier molecular flexibility index (Phi) is 2.59. The lowest BCUT2D eigenvalue weighted by Gasteiger charge is -2.03. The van der Waals surface area contributed by atoms with Crippen LogP contribution in [0.25, 0.3) is 11.3 Å². The summed E-state index contributed by atoms with van der Waals surface area (Å²) in [6.07, 6.45) is 1.65. The van der Waals surface area contributed by atoms with Crippen molar-refractivity contribution in [1.29, 1.82) is 0 Å². The summed E-state index contributed by atoms with van der Waals surface area (Å²) in [5.74, 6) is -0.257. The summed E-state index contributed by atoms with van der Waals surface area (Å²) in [4.78, 5) is 4.12. The van der Waals surface area contributed by atoms with Crippen LogP contribution in [-0.4, -0.2) is 4.98 Å². The number of benzene rings is 1. The molecule has 0 amide bonds. The van der Waals surface area contributed by atoms with Gasteiger partial charge in [0.2, 0.25) is 0 Å². The van der Waals surface area contributed by atoms with E-state index in [1.54, 1.807) is 30.5 Å². The van der Waals surface area contributed by atoms with E-state index in [9.17, 15) is 4.39 Å². The third kappa shape index (κ3) is 1.68. The number of pyridine rings is 1. The van der Waals surface area contributed by atoms with Crippen LogP contribution in [0.3, 0.4) is 0 Å². The molecular formula is C11H7BrFN. The van der Waals surface area contributed by atoms with E-state index in [2.05, 4.69) is 20.9 Å². The maximum atomic E-state index is 13.4. The Labute approximate surface area is 89.7 Å². The normalized spacial score (nSPS) is 10.1. The number of hydrogen-bond acceptors (Lipinski definition) is 1. The van der Waals surface area contributed by atoms with Gasteiger partial charge in [0.1, 0.15) is 5.82 Å². The van der Waals surface area contributed by atoms with Gasteiger partial charge in [-0.25, -0.2) is 4.39 Å². The molecule has 2 aromatic rings. The summed E-state index contributed by atoms with van der Waals surface area (Å²) in [6.45, 7) is 0. The van der Waals surface area contributed by atoms with Crippen molar-refractivity contribution in [3.05, 3.63) is 52.9 Å². The molecule has 0 saturated heterocycles. The first kappa shape index (κ1) is 9.34. The minimum atomic E-state index is -0.257. The molecule has 0 N–H and O–H groups in total. The molecule has 0 aliphatic carbocycles. The van der Waals surface area contributed by atoms with Gasteiger partial charge in [-0.05, 0) is 40.2 Å². The van der Waals surface area contributed by atoms with E-state index < -0.39 is 0 Å². The lowest BCUT2D eigenvalue weighted by molar-refractivity contribution is 0.630. The summed E-state index contributed by atoms with van der Waals surface area (Å²) in [5, 5.41) is 0. The third-order valence-electron chi connectivity index (χ3n) is 1.89. The van der Waals surface area contributed by atoms with Crippen LogP contribution < -0.4 is 0 Å². The molecule has 14 heavy (non-hydrogen) atoms. The summed E-state index contributed by atoms with van der Waals surface area (Å²) < 4.78 is 14.2. The lowest BCUT2D eigenvalue weighted by Crippen LogP contribution is -1.87. The standard InChI is InChI=1S/C11H7BrFN/c12-9-5-3-7-14-11(9)8-4-1-2-6-10(8)13/h1-7H. The molecule has 1 aromatic heterocycles. The Hall–Kier alpha value is -1.22. The van der Waals surface area contributed by atoms with E-state index in [1.807, 2.05) is 6.07 Å². The van der Waals surface area contributed by atoms with Gasteiger partial charge in [-0.1, -0.05) is 12.1 Å². The number of halogens is 2. The number of hydrogen-bond donors (Lipinski definition) is 0. The second-order valence-corrected chi connectivity index (χ2v) is 3.67. The molecule has 0 saturated carbocycles. The van der Waals surface area contributed by atoms with Crippen LogP contribution in [-0.2, 0) is 0 Å². The molecule has 0 aliphatic heterocycles. The average molecular weight is 252 g/mol. The van der Waals surface area contributed by atoms with Crippen LogP contribution >= 0.6 is 15.9 Å². The third-order valence-corrected chi connectivity index (χ3v) is 2.53. The van der Waals surface area contributed by atoms with Gasteiger partial charge in [-0.15, -0.1) is 0 Å². The quantitative estimate of drug-likeness (QED) is 0.754. The second kappa shape index (κ2) is 3.88. The largest absolute Gasteiger partial charge is 0.255 e. The molecule has 0 aliphatic rings. The average Bonchev–Trinajstić information content (AvgIpc) is 2.20. The van der Waals surface area contributed by atoms with Gasteiger partial charge in [0.25, 0.3) is 0 Å². The van der Waals surface area contributed by atoms with Gasteiger partial charge >= 0.3 is 0 Å². The molecule has 0 atom stereocenters. The Morgan fingerprint density at radius 2 is 1.86 bits per heavy atom. The van der Waals surface area contributed by atoms with E-state index in [0.717, 1.165) is 4.47 Å². The fraction of sp³-hybridized carbons (Fsp3) is 0. The Morgan fingerprint density at radius 3 is 2.57 bits per heavy atom. The molecule has 0 radical (unpaired) electrons. The first-order chi connectivity index (χ1) is 6.79. The van der Waals surface area contributed by atoms with E-state index in [4.69, 9.17) is 0 Å². The van der Waals surface area contributed by atoms with E-state index >= 15 is 0 Å². The maximum absolute atomic E-state index is 13.4. The highest BCUT2D eigenvalue weighted by atomic mass is 79.9. The zero-order chi connectivity index (χ0) is 9.97. The molecule has 1 aromatic carbocycles. The van der Waals surface area contributed by atoms with Gasteiger partial charge in [0.15, 0.2) is 0 Å². The van der Waals surface area contributed by atoms with Crippen molar-refractivity contribution in [3.8, 4) is 11.3 Å². The minimum Gasteiger partial charge on any atom is -0.255 e. The number of rotatable bonds is 1. The van der Waals surface area contributed by atoms with Crippen LogP contribution in [0.5, 0.6) is 0 Å². The smallest absolute Gasteiger partial charge is 0.132 e.